The molecule has 5 nitrogen and oxygen atoms in total. The highest BCUT2D eigenvalue weighted by molar-refractivity contribution is 9.09. The van der Waals surface area contributed by atoms with Gasteiger partial charge in [0.25, 0.3) is 0 Å². The van der Waals surface area contributed by atoms with Gasteiger partial charge >= 0.3 is 6.09 Å². The molecule has 1 heterocycles. The number of benzene rings is 1. The molecule has 114 valence electrons. The first-order chi connectivity index (χ1) is 10.1. The quantitative estimate of drug-likeness (QED) is 0.823. The number of ether oxygens (including phenoxy) is 2. The summed E-state index contributed by atoms with van der Waals surface area (Å²) in [6, 6.07) is 9.05. The summed E-state index contributed by atoms with van der Waals surface area (Å²) in [5.41, 5.74) is 0.199. The molecule has 0 aliphatic carbocycles. The molecule has 2 unspecified atom stereocenters. The van der Waals surface area contributed by atoms with Crippen LogP contribution in [-0.2, 0) is 20.9 Å². The molecule has 1 aromatic rings. The highest BCUT2D eigenvalue weighted by atomic mass is 79.9. The summed E-state index contributed by atoms with van der Waals surface area (Å²) in [6.45, 7) is 2.62. The van der Waals surface area contributed by atoms with Crippen molar-refractivity contribution in [2.75, 3.05) is 18.5 Å². The van der Waals surface area contributed by atoms with E-state index in [4.69, 9.17) is 9.47 Å². The number of ketones is 1. The number of hydrogen-bond acceptors (Lipinski definition) is 4. The van der Waals surface area contributed by atoms with Gasteiger partial charge in [-0.2, -0.15) is 0 Å². The van der Waals surface area contributed by atoms with Gasteiger partial charge in [-0.25, -0.2) is 4.79 Å². The van der Waals surface area contributed by atoms with Crippen LogP contribution in [0.5, 0.6) is 0 Å². The Balaban J connectivity index is 1.88. The van der Waals surface area contributed by atoms with E-state index in [1.807, 2.05) is 30.3 Å². The Labute approximate surface area is 132 Å². The third kappa shape index (κ3) is 3.83. The summed E-state index contributed by atoms with van der Waals surface area (Å²) in [4.78, 5) is 23.8. The van der Waals surface area contributed by atoms with Crippen LogP contribution < -0.4 is 5.32 Å². The Morgan fingerprint density at radius 1 is 1.43 bits per heavy atom. The highest BCUT2D eigenvalue weighted by Crippen LogP contribution is 2.30. The number of hydrogen-bond donors (Lipinski definition) is 1. The summed E-state index contributed by atoms with van der Waals surface area (Å²) in [7, 11) is 0. The van der Waals surface area contributed by atoms with Crippen LogP contribution >= 0.6 is 15.9 Å². The molecule has 0 radical (unpaired) electrons. The molecule has 1 aliphatic rings. The number of Topliss-reactive ketones (excluding diaryl/α,β-unsaturated/α-hetero) is 1. The number of carbonyl (C=O) groups is 2. The van der Waals surface area contributed by atoms with Gasteiger partial charge in [0, 0.05) is 0 Å². The smallest absolute Gasteiger partial charge is 0.407 e. The minimum Gasteiger partial charge on any atom is -0.445 e. The molecule has 1 saturated heterocycles. The van der Waals surface area contributed by atoms with Crippen molar-refractivity contribution in [1.29, 1.82) is 0 Å². The SMILES string of the molecule is CC1(C(=O)CBr)COCC1NC(=O)OCc1ccccc1. The average Bonchev–Trinajstić information content (AvgIpc) is 2.87. The first-order valence-electron chi connectivity index (χ1n) is 6.70. The van der Waals surface area contributed by atoms with Gasteiger partial charge in [-0.05, 0) is 12.5 Å². The monoisotopic (exact) mass is 355 g/mol. The number of alkyl halides is 1. The minimum absolute atomic E-state index is 0.00774. The van der Waals surface area contributed by atoms with E-state index in [9.17, 15) is 9.59 Å². The van der Waals surface area contributed by atoms with Gasteiger partial charge in [-0.1, -0.05) is 46.3 Å². The molecule has 1 aromatic carbocycles. The molecule has 1 aliphatic heterocycles. The van der Waals surface area contributed by atoms with E-state index in [0.717, 1.165) is 5.56 Å². The summed E-state index contributed by atoms with van der Waals surface area (Å²) >= 11 is 3.17. The Bertz CT molecular complexity index is 508. The second kappa shape index (κ2) is 7.04. The number of halogens is 1. The van der Waals surface area contributed by atoms with Crippen LogP contribution in [-0.4, -0.2) is 36.5 Å². The third-order valence-electron chi connectivity index (χ3n) is 3.72. The molecule has 0 saturated carbocycles. The molecule has 0 aromatic heterocycles. The lowest BCUT2D eigenvalue weighted by molar-refractivity contribution is -0.125. The second-order valence-electron chi connectivity index (χ2n) is 5.25. The number of rotatable bonds is 5. The molecule has 0 bridgehead atoms. The normalized spacial score (nSPS) is 24.6. The fourth-order valence-corrected chi connectivity index (χ4v) is 2.85. The molecule has 0 spiro atoms. The van der Waals surface area contributed by atoms with E-state index in [2.05, 4.69) is 21.2 Å². The molecule has 21 heavy (non-hydrogen) atoms. The van der Waals surface area contributed by atoms with Crippen molar-refractivity contribution in [3.8, 4) is 0 Å². The van der Waals surface area contributed by atoms with Gasteiger partial charge in [0.15, 0.2) is 5.78 Å². The maximum Gasteiger partial charge on any atom is 0.407 e. The van der Waals surface area contributed by atoms with E-state index in [1.54, 1.807) is 6.92 Å². The number of nitrogens with one attached hydrogen (secondary N) is 1. The van der Waals surface area contributed by atoms with Crippen LogP contribution in [0.25, 0.3) is 0 Å². The fourth-order valence-electron chi connectivity index (χ4n) is 2.21. The van der Waals surface area contributed by atoms with Crippen molar-refractivity contribution in [1.82, 2.24) is 5.32 Å². The largest absolute Gasteiger partial charge is 0.445 e. The maximum atomic E-state index is 12.0. The molecular formula is C15H18BrNO4. The van der Waals surface area contributed by atoms with Gasteiger partial charge in [-0.15, -0.1) is 0 Å². The van der Waals surface area contributed by atoms with Crippen molar-refractivity contribution in [2.45, 2.75) is 19.6 Å². The lowest BCUT2D eigenvalue weighted by Gasteiger charge is -2.27. The zero-order valence-corrected chi connectivity index (χ0v) is 13.4. The van der Waals surface area contributed by atoms with Crippen LogP contribution in [0, 0.1) is 5.41 Å². The van der Waals surface area contributed by atoms with E-state index >= 15 is 0 Å². The van der Waals surface area contributed by atoms with E-state index in [1.165, 1.54) is 0 Å². The second-order valence-corrected chi connectivity index (χ2v) is 5.81. The number of alkyl carbamates (subject to hydrolysis) is 1. The average molecular weight is 356 g/mol. The lowest BCUT2D eigenvalue weighted by atomic mass is 9.81. The molecule has 2 atom stereocenters. The Kier molecular flexibility index (Phi) is 5.36. The first-order valence-corrected chi connectivity index (χ1v) is 7.82. The topological polar surface area (TPSA) is 64.6 Å². The van der Waals surface area contributed by atoms with Crippen molar-refractivity contribution in [2.24, 2.45) is 5.41 Å². The molecule has 2 rings (SSSR count). The highest BCUT2D eigenvalue weighted by Gasteiger charge is 2.46. The summed E-state index contributed by atoms with van der Waals surface area (Å²) in [5, 5.41) is 2.97. The summed E-state index contributed by atoms with van der Waals surface area (Å²) in [5.74, 6) is 0.00774. The van der Waals surface area contributed by atoms with Gasteiger partial charge in [0.05, 0.1) is 30.0 Å². The Hall–Kier alpha value is -1.40. The standard InChI is InChI=1S/C15H18BrNO4/c1-15(13(18)7-16)10-20-9-12(15)17-14(19)21-8-11-5-3-2-4-6-11/h2-6,12H,7-10H2,1H3,(H,17,19). The van der Waals surface area contributed by atoms with E-state index < -0.39 is 11.5 Å². The van der Waals surface area contributed by atoms with E-state index in [0.29, 0.717) is 13.2 Å². The minimum atomic E-state index is -0.713. The van der Waals surface area contributed by atoms with Crippen LogP contribution in [0.3, 0.4) is 0 Å². The molecule has 1 fully saturated rings. The number of amides is 1. The Morgan fingerprint density at radius 2 is 2.14 bits per heavy atom. The number of carbonyl (C=O) groups excluding carboxylic acids is 2. The van der Waals surface area contributed by atoms with Gasteiger partial charge in [-0.3, -0.25) is 4.79 Å². The summed E-state index contributed by atoms with van der Waals surface area (Å²) in [6.07, 6.45) is -0.539. The van der Waals surface area contributed by atoms with Crippen molar-refractivity contribution in [3.63, 3.8) is 0 Å². The zero-order chi connectivity index (χ0) is 15.3. The first kappa shape index (κ1) is 16.0. The van der Waals surface area contributed by atoms with Crippen molar-refractivity contribution >= 4 is 27.8 Å². The van der Waals surface area contributed by atoms with Gasteiger partial charge < -0.3 is 14.8 Å². The Morgan fingerprint density at radius 3 is 2.81 bits per heavy atom. The van der Waals surface area contributed by atoms with E-state index in [-0.39, 0.29) is 23.8 Å². The predicted molar refractivity (Wildman–Crippen MR) is 81.3 cm³/mol. The maximum absolute atomic E-state index is 12.0. The van der Waals surface area contributed by atoms with Crippen LogP contribution in [0.2, 0.25) is 0 Å². The van der Waals surface area contributed by atoms with Crippen LogP contribution in [0.1, 0.15) is 12.5 Å². The van der Waals surface area contributed by atoms with Crippen molar-refractivity contribution in [3.05, 3.63) is 35.9 Å². The molecule has 6 heteroatoms. The summed E-state index contributed by atoms with van der Waals surface area (Å²) < 4.78 is 10.5. The van der Waals surface area contributed by atoms with Crippen LogP contribution in [0.15, 0.2) is 30.3 Å². The van der Waals surface area contributed by atoms with Gasteiger partial charge in [0.2, 0.25) is 0 Å². The van der Waals surface area contributed by atoms with Crippen LogP contribution in [0.4, 0.5) is 4.79 Å². The third-order valence-corrected chi connectivity index (χ3v) is 4.23. The lowest BCUT2D eigenvalue weighted by Crippen LogP contribution is -2.50. The molecule has 1 N–H and O–H groups in total. The van der Waals surface area contributed by atoms with Crippen molar-refractivity contribution < 1.29 is 19.1 Å². The molecule has 1 amide bonds. The predicted octanol–water partition coefficient (Wildman–Crippen LogP) is 2.28. The fraction of sp³-hybridized carbons (Fsp3) is 0.467. The molecular weight excluding hydrogens is 338 g/mol. The van der Waals surface area contributed by atoms with Gasteiger partial charge in [0.1, 0.15) is 6.61 Å². The zero-order valence-electron chi connectivity index (χ0n) is 11.8.